The number of hydrogen-bond acceptors (Lipinski definition) is 4. The monoisotopic (exact) mass is 408 g/mol. The predicted octanol–water partition coefficient (Wildman–Crippen LogP) is 4.54. The second-order valence-electron chi connectivity index (χ2n) is 7.48. The fourth-order valence-electron chi connectivity index (χ4n) is 4.13. The third-order valence-corrected chi connectivity index (χ3v) is 5.62. The Balaban J connectivity index is 1.65. The summed E-state index contributed by atoms with van der Waals surface area (Å²) in [7, 11) is 0. The van der Waals surface area contributed by atoms with E-state index in [-0.39, 0.29) is 18.4 Å². The van der Waals surface area contributed by atoms with Crippen molar-refractivity contribution in [2.24, 2.45) is 0 Å². The first-order valence-electron chi connectivity index (χ1n) is 10.0. The lowest BCUT2D eigenvalue weighted by Crippen LogP contribution is -2.29. The van der Waals surface area contributed by atoms with Crippen LogP contribution in [0, 0.1) is 0 Å². The molecule has 0 radical (unpaired) electrons. The van der Waals surface area contributed by atoms with E-state index in [1.54, 1.807) is 19.1 Å². The van der Waals surface area contributed by atoms with Crippen LogP contribution < -0.4 is 5.73 Å². The number of nitrogens with one attached hydrogen (secondary N) is 1. The van der Waals surface area contributed by atoms with Gasteiger partial charge >= 0.3 is 0 Å². The molecule has 3 N–H and O–H groups in total. The van der Waals surface area contributed by atoms with E-state index in [1.807, 2.05) is 48.5 Å². The molecule has 6 nitrogen and oxygen atoms in total. The quantitative estimate of drug-likeness (QED) is 0.385. The van der Waals surface area contributed by atoms with Gasteiger partial charge in [-0.1, -0.05) is 48.5 Å². The lowest BCUT2D eigenvalue weighted by atomic mass is 9.94. The normalized spacial score (nSPS) is 13.3. The predicted molar refractivity (Wildman–Crippen MR) is 121 cm³/mol. The molecule has 2 heterocycles. The highest BCUT2D eigenvalue weighted by atomic mass is 16.2. The summed E-state index contributed by atoms with van der Waals surface area (Å²) in [6, 6.07) is 19.6. The van der Waals surface area contributed by atoms with Crippen molar-refractivity contribution in [1.29, 1.82) is 0 Å². The number of imide groups is 1. The molecule has 5 rings (SSSR count). The van der Waals surface area contributed by atoms with E-state index in [2.05, 4.69) is 16.3 Å². The van der Waals surface area contributed by atoms with Crippen LogP contribution in [0.1, 0.15) is 22.8 Å². The van der Waals surface area contributed by atoms with Crippen LogP contribution in [0.2, 0.25) is 0 Å². The van der Waals surface area contributed by atoms with Crippen molar-refractivity contribution in [2.75, 3.05) is 5.73 Å². The van der Waals surface area contributed by atoms with Gasteiger partial charge in [0.2, 0.25) is 0 Å². The van der Waals surface area contributed by atoms with Gasteiger partial charge < -0.3 is 5.73 Å². The Hall–Kier alpha value is -4.19. The zero-order chi connectivity index (χ0) is 21.5. The smallest absolute Gasteiger partial charge is 0.263 e. The minimum atomic E-state index is -0.355. The maximum atomic E-state index is 12.9. The summed E-state index contributed by atoms with van der Waals surface area (Å²) in [5.74, 6) is -0.697. The maximum absolute atomic E-state index is 12.9. The highest BCUT2D eigenvalue weighted by Crippen LogP contribution is 2.38. The Morgan fingerprint density at radius 2 is 1.90 bits per heavy atom. The molecule has 0 aliphatic carbocycles. The Morgan fingerprint density at radius 1 is 1.10 bits per heavy atom. The van der Waals surface area contributed by atoms with Crippen molar-refractivity contribution in [3.05, 3.63) is 83.9 Å². The van der Waals surface area contributed by atoms with Gasteiger partial charge in [-0.05, 0) is 47.9 Å². The van der Waals surface area contributed by atoms with Crippen molar-refractivity contribution in [3.8, 4) is 22.4 Å². The molecule has 152 valence electrons. The Labute approximate surface area is 179 Å². The average molecular weight is 408 g/mol. The third-order valence-electron chi connectivity index (χ3n) is 5.62. The summed E-state index contributed by atoms with van der Waals surface area (Å²) < 4.78 is 0. The number of hydrogen-bond donors (Lipinski definition) is 2. The van der Waals surface area contributed by atoms with Gasteiger partial charge in [-0.2, -0.15) is 5.10 Å². The summed E-state index contributed by atoms with van der Waals surface area (Å²) in [5.41, 5.74) is 12.3. The summed E-state index contributed by atoms with van der Waals surface area (Å²) in [5, 5.41) is 8.57. The van der Waals surface area contributed by atoms with Gasteiger partial charge in [-0.15, -0.1) is 0 Å². The number of H-pyrrole nitrogens is 1. The van der Waals surface area contributed by atoms with Crippen LogP contribution in [0.3, 0.4) is 0 Å². The molecule has 6 heteroatoms. The maximum Gasteiger partial charge on any atom is 0.263 e. The molecule has 1 aromatic heterocycles. The summed E-state index contributed by atoms with van der Waals surface area (Å²) in [4.78, 5) is 26.5. The number of carbonyl (C=O) groups is 2. The van der Waals surface area contributed by atoms with E-state index in [0.29, 0.717) is 11.3 Å². The molecule has 1 aliphatic heterocycles. The topological polar surface area (TPSA) is 92.1 Å². The Morgan fingerprint density at radius 3 is 2.68 bits per heavy atom. The van der Waals surface area contributed by atoms with Gasteiger partial charge in [-0.3, -0.25) is 19.6 Å². The molecular weight excluding hydrogens is 388 g/mol. The standard InChI is InChI=1S/C25H20N4O2/c1-2-6-22(30)29-14-19-17(10-11-20(26)23(19)25(29)31)16-9-12-21-18(13-16)24(28-27-21)15-7-4-3-5-8-15/h2-13H,14,26H2,1H3,(H,27,28)/b6-2+. The fraction of sp³-hybridized carbons (Fsp3) is 0.0800. The van der Waals surface area contributed by atoms with Gasteiger partial charge in [-0.25, -0.2) is 0 Å². The number of nitrogen functional groups attached to an aromatic ring is 1. The van der Waals surface area contributed by atoms with Crippen LogP contribution in [0.5, 0.6) is 0 Å². The average Bonchev–Trinajstić information content (AvgIpc) is 3.36. The molecule has 0 fully saturated rings. The molecule has 31 heavy (non-hydrogen) atoms. The molecule has 0 unspecified atom stereocenters. The van der Waals surface area contributed by atoms with Crippen LogP contribution in [-0.4, -0.2) is 26.9 Å². The Kier molecular flexibility index (Phi) is 4.40. The lowest BCUT2D eigenvalue weighted by molar-refractivity contribution is -0.123. The molecule has 3 aromatic carbocycles. The molecule has 4 aromatic rings. The SMILES string of the molecule is C/C=C/C(=O)N1Cc2c(-c3ccc4[nH]nc(-c5ccccc5)c4c3)ccc(N)c2C1=O. The second kappa shape index (κ2) is 7.25. The third kappa shape index (κ3) is 3.00. The number of benzene rings is 3. The number of amides is 2. The van der Waals surface area contributed by atoms with E-state index in [4.69, 9.17) is 5.73 Å². The van der Waals surface area contributed by atoms with Crippen LogP contribution in [0.25, 0.3) is 33.3 Å². The first kappa shape index (κ1) is 18.8. The van der Waals surface area contributed by atoms with Crippen molar-refractivity contribution in [1.82, 2.24) is 15.1 Å². The van der Waals surface area contributed by atoms with Gasteiger partial charge in [0.05, 0.1) is 23.3 Å². The number of nitrogens with two attached hydrogens (primary N) is 1. The zero-order valence-corrected chi connectivity index (χ0v) is 16.9. The number of rotatable bonds is 3. The molecule has 1 aliphatic rings. The summed E-state index contributed by atoms with van der Waals surface area (Å²) >= 11 is 0. The summed E-state index contributed by atoms with van der Waals surface area (Å²) in [6.07, 6.45) is 3.02. The number of aromatic amines is 1. The number of carbonyl (C=O) groups excluding carboxylic acids is 2. The second-order valence-corrected chi connectivity index (χ2v) is 7.48. The highest BCUT2D eigenvalue weighted by molar-refractivity contribution is 6.14. The van der Waals surface area contributed by atoms with E-state index in [1.165, 1.54) is 11.0 Å². The zero-order valence-electron chi connectivity index (χ0n) is 16.9. The van der Waals surface area contributed by atoms with Crippen LogP contribution in [0.4, 0.5) is 5.69 Å². The van der Waals surface area contributed by atoms with Gasteiger partial charge in [0.1, 0.15) is 0 Å². The molecule has 0 saturated heterocycles. The van der Waals surface area contributed by atoms with Crippen molar-refractivity contribution < 1.29 is 9.59 Å². The van der Waals surface area contributed by atoms with E-state index in [0.717, 1.165) is 38.9 Å². The van der Waals surface area contributed by atoms with Crippen molar-refractivity contribution >= 4 is 28.4 Å². The number of fused-ring (bicyclic) bond motifs is 2. The van der Waals surface area contributed by atoms with E-state index in [9.17, 15) is 9.59 Å². The molecule has 2 amide bonds. The van der Waals surface area contributed by atoms with Crippen LogP contribution in [-0.2, 0) is 11.3 Å². The van der Waals surface area contributed by atoms with Crippen LogP contribution >= 0.6 is 0 Å². The van der Waals surface area contributed by atoms with E-state index < -0.39 is 0 Å². The molecule has 0 atom stereocenters. The lowest BCUT2D eigenvalue weighted by Gasteiger charge is -2.11. The van der Waals surface area contributed by atoms with Gasteiger partial charge in [0, 0.05) is 16.6 Å². The number of anilines is 1. The first-order valence-corrected chi connectivity index (χ1v) is 10.0. The number of aromatic nitrogens is 2. The van der Waals surface area contributed by atoms with Crippen LogP contribution in [0.15, 0.2) is 72.8 Å². The fourth-order valence-corrected chi connectivity index (χ4v) is 4.13. The highest BCUT2D eigenvalue weighted by Gasteiger charge is 2.34. The first-order chi connectivity index (χ1) is 15.1. The van der Waals surface area contributed by atoms with Gasteiger partial charge in [0.15, 0.2) is 0 Å². The molecule has 0 spiro atoms. The Bertz CT molecular complexity index is 1370. The minimum absolute atomic E-state index is 0.201. The minimum Gasteiger partial charge on any atom is -0.398 e. The largest absolute Gasteiger partial charge is 0.398 e. The van der Waals surface area contributed by atoms with Gasteiger partial charge in [0.25, 0.3) is 11.8 Å². The number of allylic oxidation sites excluding steroid dienone is 1. The summed E-state index contributed by atoms with van der Waals surface area (Å²) in [6.45, 7) is 1.95. The number of nitrogens with zero attached hydrogens (tertiary/aromatic N) is 2. The molecule has 0 saturated carbocycles. The van der Waals surface area contributed by atoms with Crippen molar-refractivity contribution in [3.63, 3.8) is 0 Å². The molecular formula is C25H20N4O2. The molecule has 0 bridgehead atoms. The van der Waals surface area contributed by atoms with Crippen molar-refractivity contribution in [2.45, 2.75) is 13.5 Å². The van der Waals surface area contributed by atoms with E-state index >= 15 is 0 Å².